The van der Waals surface area contributed by atoms with Crippen LogP contribution in [0.2, 0.25) is 0 Å². The number of fused-ring (bicyclic) bond motifs is 1. The van der Waals surface area contributed by atoms with Gasteiger partial charge in [0.1, 0.15) is 27.8 Å². The van der Waals surface area contributed by atoms with Crippen molar-refractivity contribution < 1.29 is 23.0 Å². The third-order valence-electron chi connectivity index (χ3n) is 5.79. The van der Waals surface area contributed by atoms with Crippen molar-refractivity contribution in [2.24, 2.45) is 16.6 Å². The normalized spacial score (nSPS) is 27.5. The molecule has 0 bridgehead atoms. The lowest BCUT2D eigenvalue weighted by Crippen LogP contribution is -2.53. The van der Waals surface area contributed by atoms with Crippen molar-refractivity contribution in [1.29, 1.82) is 0 Å². The van der Waals surface area contributed by atoms with E-state index in [1.165, 1.54) is 23.5 Å². The summed E-state index contributed by atoms with van der Waals surface area (Å²) in [6.07, 6.45) is 2.81. The van der Waals surface area contributed by atoms with Crippen LogP contribution >= 0.6 is 23.1 Å². The highest BCUT2D eigenvalue weighted by Crippen LogP contribution is 2.50. The van der Waals surface area contributed by atoms with Crippen LogP contribution in [0.1, 0.15) is 42.2 Å². The Kier molecular flexibility index (Phi) is 6.37. The van der Waals surface area contributed by atoms with Crippen molar-refractivity contribution in [1.82, 2.24) is 9.97 Å². The van der Waals surface area contributed by atoms with Gasteiger partial charge in [0.2, 0.25) is 0 Å². The number of carbonyl (C=O) groups is 1. The van der Waals surface area contributed by atoms with E-state index in [1.807, 2.05) is 0 Å². The average Bonchev–Trinajstić information content (AvgIpc) is 3.23. The van der Waals surface area contributed by atoms with Crippen molar-refractivity contribution in [2.45, 2.75) is 44.4 Å². The maximum Gasteiger partial charge on any atom is 0.387 e. The lowest BCUT2D eigenvalue weighted by atomic mass is 9.75. The molecule has 3 N–H and O–H groups in total. The summed E-state index contributed by atoms with van der Waals surface area (Å²) in [7, 11) is 0. The molecular formula is C20H23F2N5O3S2. The van der Waals surface area contributed by atoms with Crippen LogP contribution in [0.3, 0.4) is 0 Å². The number of thiazole rings is 1. The van der Waals surface area contributed by atoms with Gasteiger partial charge in [-0.3, -0.25) is 4.79 Å². The second-order valence-corrected chi connectivity index (χ2v) is 9.83. The van der Waals surface area contributed by atoms with Crippen molar-refractivity contribution in [3.05, 3.63) is 34.4 Å². The van der Waals surface area contributed by atoms with Crippen molar-refractivity contribution in [2.75, 3.05) is 17.7 Å². The van der Waals surface area contributed by atoms with Gasteiger partial charge in [0.05, 0.1) is 18.4 Å². The Morgan fingerprint density at radius 2 is 2.28 bits per heavy atom. The zero-order chi connectivity index (χ0) is 22.9. The summed E-state index contributed by atoms with van der Waals surface area (Å²) in [5.74, 6) is 0.748. The van der Waals surface area contributed by atoms with E-state index in [1.54, 1.807) is 17.1 Å². The Balaban J connectivity index is 1.52. The molecule has 0 spiro atoms. The highest BCUT2D eigenvalue weighted by molar-refractivity contribution is 8.13. The molecule has 4 rings (SSSR count). The van der Waals surface area contributed by atoms with Gasteiger partial charge in [-0.2, -0.15) is 8.78 Å². The first kappa shape index (κ1) is 22.9. The summed E-state index contributed by atoms with van der Waals surface area (Å²) in [5.41, 5.74) is 5.23. The van der Waals surface area contributed by atoms with E-state index < -0.39 is 18.1 Å². The molecule has 2 aliphatic heterocycles. The summed E-state index contributed by atoms with van der Waals surface area (Å²) < 4.78 is 35.0. The predicted octanol–water partition coefficient (Wildman–Crippen LogP) is 3.85. The van der Waals surface area contributed by atoms with Crippen LogP contribution in [0.15, 0.2) is 28.7 Å². The molecule has 3 atom stereocenters. The first-order valence-corrected chi connectivity index (χ1v) is 11.9. The largest absolute Gasteiger partial charge is 0.433 e. The lowest BCUT2D eigenvalue weighted by molar-refractivity contribution is -0.122. The Morgan fingerprint density at radius 3 is 2.97 bits per heavy atom. The number of aliphatic imine (C=N–C) groups is 1. The number of hydrogen-bond acceptors (Lipinski definition) is 9. The average molecular weight is 484 g/mol. The maximum atomic E-state index is 12.5. The second kappa shape index (κ2) is 8.91. The number of amidine groups is 1. The van der Waals surface area contributed by atoms with Crippen LogP contribution in [0.25, 0.3) is 0 Å². The third-order valence-corrected chi connectivity index (χ3v) is 7.76. The van der Waals surface area contributed by atoms with E-state index in [0.717, 1.165) is 29.8 Å². The fourth-order valence-electron chi connectivity index (χ4n) is 3.81. The summed E-state index contributed by atoms with van der Waals surface area (Å²) in [4.78, 5) is 25.8. The zero-order valence-electron chi connectivity index (χ0n) is 17.5. The highest BCUT2D eigenvalue weighted by Gasteiger charge is 2.52. The van der Waals surface area contributed by atoms with Gasteiger partial charge in [0.25, 0.3) is 5.91 Å². The SMILES string of the molecule is CC[C@]1(C)C[C@H]2CSC(N)=N[C@@]2(c2nc(NC(=O)c3ccc(OC(F)F)cn3)cs2)CO1. The Bertz CT molecular complexity index is 1020. The molecule has 8 nitrogen and oxygen atoms in total. The van der Waals surface area contributed by atoms with E-state index in [0.29, 0.717) is 17.6 Å². The van der Waals surface area contributed by atoms with Gasteiger partial charge in [-0.05, 0) is 31.9 Å². The molecule has 172 valence electrons. The summed E-state index contributed by atoms with van der Waals surface area (Å²) in [6, 6.07) is 2.56. The monoisotopic (exact) mass is 483 g/mol. The molecule has 1 fully saturated rings. The number of rotatable bonds is 6. The van der Waals surface area contributed by atoms with Crippen LogP contribution in [-0.2, 0) is 10.3 Å². The number of thioether (sulfide) groups is 1. The molecule has 0 aliphatic carbocycles. The number of nitrogens with one attached hydrogen (secondary N) is 1. The zero-order valence-corrected chi connectivity index (χ0v) is 19.1. The Hall–Kier alpha value is -2.31. The molecule has 32 heavy (non-hydrogen) atoms. The topological polar surface area (TPSA) is 112 Å². The van der Waals surface area contributed by atoms with E-state index in [9.17, 15) is 13.6 Å². The molecule has 2 aromatic heterocycles. The Morgan fingerprint density at radius 1 is 1.47 bits per heavy atom. The minimum atomic E-state index is -2.96. The van der Waals surface area contributed by atoms with Gasteiger partial charge in [0, 0.05) is 17.1 Å². The molecule has 0 saturated carbocycles. The highest BCUT2D eigenvalue weighted by atomic mass is 32.2. The molecule has 0 radical (unpaired) electrons. The number of amides is 1. The summed E-state index contributed by atoms with van der Waals surface area (Å²) in [5, 5.41) is 5.65. The fourth-order valence-corrected chi connectivity index (χ4v) is 5.77. The molecule has 1 amide bonds. The number of halogens is 2. The number of anilines is 1. The molecule has 4 heterocycles. The van der Waals surface area contributed by atoms with E-state index in [-0.39, 0.29) is 23.0 Å². The van der Waals surface area contributed by atoms with E-state index >= 15 is 0 Å². The summed E-state index contributed by atoms with van der Waals surface area (Å²) >= 11 is 2.93. The molecule has 0 unspecified atom stereocenters. The summed E-state index contributed by atoms with van der Waals surface area (Å²) in [6.45, 7) is 1.64. The lowest BCUT2D eigenvalue weighted by Gasteiger charge is -2.48. The van der Waals surface area contributed by atoms with Crippen molar-refractivity contribution in [3.63, 3.8) is 0 Å². The quantitative estimate of drug-likeness (QED) is 0.642. The first-order chi connectivity index (χ1) is 15.2. The van der Waals surface area contributed by atoms with Crippen LogP contribution < -0.4 is 15.8 Å². The smallest absolute Gasteiger partial charge is 0.387 e. The number of alkyl halides is 2. The van der Waals surface area contributed by atoms with Crippen molar-refractivity contribution in [3.8, 4) is 5.75 Å². The number of nitrogens with two attached hydrogens (primary N) is 1. The second-order valence-electron chi connectivity index (χ2n) is 7.93. The van der Waals surface area contributed by atoms with Gasteiger partial charge in [-0.1, -0.05) is 18.7 Å². The van der Waals surface area contributed by atoms with E-state index in [4.69, 9.17) is 15.5 Å². The molecule has 12 heteroatoms. The number of aromatic nitrogens is 2. The van der Waals surface area contributed by atoms with Crippen molar-refractivity contribution >= 4 is 40.0 Å². The molecule has 2 aliphatic rings. The number of carbonyl (C=O) groups excluding carboxylic acids is 1. The number of ether oxygens (including phenoxy) is 2. The molecule has 2 aromatic rings. The number of pyridine rings is 1. The van der Waals surface area contributed by atoms with E-state index in [2.05, 4.69) is 33.9 Å². The Labute approximate surface area is 192 Å². The standard InChI is InChI=1S/C20H23F2N5O3S2/c1-3-19(2)6-11-8-32-18(23)27-20(11,10-29-19)16-26-14(9-31-16)25-15(28)13-5-4-12(7-24-13)30-17(21)22/h4-5,7,9,11,17H,3,6,8,10H2,1-2H3,(H2,23,27)(H,25,28)/t11-,19+,20-/m0/s1. The first-order valence-electron chi connectivity index (χ1n) is 10.0. The molecule has 1 saturated heterocycles. The van der Waals surface area contributed by atoms with Gasteiger partial charge in [-0.25, -0.2) is 15.0 Å². The minimum absolute atomic E-state index is 0.0493. The number of nitrogens with zero attached hydrogens (tertiary/aromatic N) is 3. The van der Waals surface area contributed by atoms with Crippen LogP contribution in [0.4, 0.5) is 14.6 Å². The van der Waals surface area contributed by atoms with Crippen LogP contribution in [-0.4, -0.2) is 45.6 Å². The van der Waals surface area contributed by atoms with Gasteiger partial charge >= 0.3 is 6.61 Å². The molecule has 0 aromatic carbocycles. The predicted molar refractivity (Wildman–Crippen MR) is 119 cm³/mol. The maximum absolute atomic E-state index is 12.5. The van der Waals surface area contributed by atoms with Crippen LogP contribution in [0, 0.1) is 5.92 Å². The third kappa shape index (κ3) is 4.57. The number of hydrogen-bond donors (Lipinski definition) is 2. The minimum Gasteiger partial charge on any atom is -0.433 e. The van der Waals surface area contributed by atoms with Gasteiger partial charge < -0.3 is 20.5 Å². The van der Waals surface area contributed by atoms with Crippen LogP contribution in [0.5, 0.6) is 5.75 Å². The van der Waals surface area contributed by atoms with Gasteiger partial charge in [0.15, 0.2) is 5.17 Å². The van der Waals surface area contributed by atoms with Gasteiger partial charge in [-0.15, -0.1) is 11.3 Å². The molecular weight excluding hydrogens is 460 g/mol. The fraction of sp³-hybridized carbons (Fsp3) is 0.500.